The molecule has 0 spiro atoms. The molecule has 1 fully saturated rings. The minimum absolute atomic E-state index is 0.0104. The Labute approximate surface area is 121 Å². The lowest BCUT2D eigenvalue weighted by Gasteiger charge is -2.21. The zero-order valence-electron chi connectivity index (χ0n) is 12.5. The van der Waals surface area contributed by atoms with E-state index in [0.717, 1.165) is 18.8 Å². The third-order valence-electron chi connectivity index (χ3n) is 3.86. The van der Waals surface area contributed by atoms with Crippen molar-refractivity contribution in [1.29, 1.82) is 0 Å². The molecule has 20 heavy (non-hydrogen) atoms. The molecular formula is C16H25N3O. The van der Waals surface area contributed by atoms with Gasteiger partial charge in [-0.05, 0) is 57.0 Å². The number of rotatable bonds is 6. The van der Waals surface area contributed by atoms with Crippen molar-refractivity contribution in [3.63, 3.8) is 0 Å². The van der Waals surface area contributed by atoms with Crippen LogP contribution in [0.1, 0.15) is 37.0 Å². The monoisotopic (exact) mass is 275 g/mol. The van der Waals surface area contributed by atoms with Gasteiger partial charge in [0.2, 0.25) is 0 Å². The third-order valence-corrected chi connectivity index (χ3v) is 3.86. The van der Waals surface area contributed by atoms with E-state index in [2.05, 4.69) is 17.1 Å². The standard InChI is InChI=1S/C16H25N3O/c1-12(11-19-7-3-4-8-19)10-18-14-5-6-16(17)15(9-14)13(2)20/h5-6,9,12,18H,3-4,7-8,10-11,17H2,1-2H3. The molecule has 3 N–H and O–H groups in total. The van der Waals surface area contributed by atoms with Crippen molar-refractivity contribution in [2.75, 3.05) is 37.2 Å². The van der Waals surface area contributed by atoms with Gasteiger partial charge in [0, 0.05) is 30.0 Å². The summed E-state index contributed by atoms with van der Waals surface area (Å²) in [5.74, 6) is 0.600. The number of benzene rings is 1. The predicted octanol–water partition coefficient (Wildman–Crippen LogP) is 2.62. The molecular weight excluding hydrogens is 250 g/mol. The van der Waals surface area contributed by atoms with E-state index in [9.17, 15) is 4.79 Å². The number of carbonyl (C=O) groups is 1. The Bertz CT molecular complexity index is 467. The maximum absolute atomic E-state index is 11.5. The molecule has 1 aliphatic heterocycles. The second-order valence-electron chi connectivity index (χ2n) is 5.85. The summed E-state index contributed by atoms with van der Waals surface area (Å²) in [5.41, 5.74) is 7.92. The summed E-state index contributed by atoms with van der Waals surface area (Å²) in [6.07, 6.45) is 2.67. The maximum atomic E-state index is 11.5. The Balaban J connectivity index is 1.86. The zero-order valence-corrected chi connectivity index (χ0v) is 12.5. The van der Waals surface area contributed by atoms with Crippen LogP contribution in [0.15, 0.2) is 18.2 Å². The van der Waals surface area contributed by atoms with Crippen molar-refractivity contribution in [3.8, 4) is 0 Å². The number of nitrogens with two attached hydrogens (primary N) is 1. The number of anilines is 2. The molecule has 110 valence electrons. The molecule has 1 atom stereocenters. The number of nitrogens with zero attached hydrogens (tertiary/aromatic N) is 1. The van der Waals surface area contributed by atoms with Gasteiger partial charge in [-0.25, -0.2) is 0 Å². The number of ketones is 1. The number of Topliss-reactive ketones (excluding diaryl/α,β-unsaturated/α-hetero) is 1. The quantitative estimate of drug-likeness (QED) is 0.619. The van der Waals surface area contributed by atoms with Crippen LogP contribution in [-0.4, -0.2) is 36.9 Å². The van der Waals surface area contributed by atoms with Gasteiger partial charge in [0.15, 0.2) is 5.78 Å². The highest BCUT2D eigenvalue weighted by atomic mass is 16.1. The second kappa shape index (κ2) is 6.75. The summed E-state index contributed by atoms with van der Waals surface area (Å²) in [6, 6.07) is 5.58. The lowest BCUT2D eigenvalue weighted by Crippen LogP contribution is -2.28. The topological polar surface area (TPSA) is 58.4 Å². The van der Waals surface area contributed by atoms with Crippen LogP contribution < -0.4 is 11.1 Å². The van der Waals surface area contributed by atoms with E-state index >= 15 is 0 Å². The number of hydrogen-bond acceptors (Lipinski definition) is 4. The van der Waals surface area contributed by atoms with E-state index in [0.29, 0.717) is 17.2 Å². The minimum Gasteiger partial charge on any atom is -0.398 e. The molecule has 1 aromatic rings. The van der Waals surface area contributed by atoms with E-state index in [4.69, 9.17) is 5.73 Å². The molecule has 1 unspecified atom stereocenters. The van der Waals surface area contributed by atoms with Gasteiger partial charge < -0.3 is 16.0 Å². The first kappa shape index (κ1) is 14.9. The zero-order chi connectivity index (χ0) is 14.5. The molecule has 4 nitrogen and oxygen atoms in total. The molecule has 1 aliphatic rings. The predicted molar refractivity (Wildman–Crippen MR) is 84.2 cm³/mol. The fourth-order valence-electron chi connectivity index (χ4n) is 2.73. The number of carbonyl (C=O) groups excluding carboxylic acids is 1. The number of nitrogens with one attached hydrogen (secondary N) is 1. The molecule has 0 saturated carbocycles. The summed E-state index contributed by atoms with van der Waals surface area (Å²) in [6.45, 7) is 8.33. The Morgan fingerprint density at radius 1 is 1.40 bits per heavy atom. The lowest BCUT2D eigenvalue weighted by atomic mass is 10.1. The number of hydrogen-bond donors (Lipinski definition) is 2. The van der Waals surface area contributed by atoms with Gasteiger partial charge in [0.1, 0.15) is 0 Å². The molecule has 0 bridgehead atoms. The molecule has 0 aromatic heterocycles. The fraction of sp³-hybridized carbons (Fsp3) is 0.562. The van der Waals surface area contributed by atoms with E-state index in [1.54, 1.807) is 13.0 Å². The van der Waals surface area contributed by atoms with Gasteiger partial charge in [0.05, 0.1) is 0 Å². The highest BCUT2D eigenvalue weighted by molar-refractivity contribution is 5.99. The van der Waals surface area contributed by atoms with Crippen LogP contribution in [0.25, 0.3) is 0 Å². The van der Waals surface area contributed by atoms with Crippen LogP contribution in [0.2, 0.25) is 0 Å². The minimum atomic E-state index is 0.0104. The van der Waals surface area contributed by atoms with Crippen LogP contribution in [0, 0.1) is 5.92 Å². The van der Waals surface area contributed by atoms with E-state index in [-0.39, 0.29) is 5.78 Å². The van der Waals surface area contributed by atoms with Crippen LogP contribution in [0.5, 0.6) is 0 Å². The van der Waals surface area contributed by atoms with Crippen LogP contribution >= 0.6 is 0 Å². The van der Waals surface area contributed by atoms with Gasteiger partial charge in [-0.3, -0.25) is 4.79 Å². The second-order valence-corrected chi connectivity index (χ2v) is 5.85. The van der Waals surface area contributed by atoms with Gasteiger partial charge in [-0.2, -0.15) is 0 Å². The van der Waals surface area contributed by atoms with Gasteiger partial charge in [0.25, 0.3) is 0 Å². The Morgan fingerprint density at radius 2 is 2.10 bits per heavy atom. The largest absolute Gasteiger partial charge is 0.398 e. The van der Waals surface area contributed by atoms with Crippen molar-refractivity contribution in [1.82, 2.24) is 4.90 Å². The smallest absolute Gasteiger partial charge is 0.161 e. The van der Waals surface area contributed by atoms with Gasteiger partial charge in [-0.1, -0.05) is 6.92 Å². The van der Waals surface area contributed by atoms with E-state index in [1.807, 2.05) is 12.1 Å². The SMILES string of the molecule is CC(=O)c1cc(NCC(C)CN2CCCC2)ccc1N. The van der Waals surface area contributed by atoms with Crippen LogP contribution in [-0.2, 0) is 0 Å². The van der Waals surface area contributed by atoms with Crippen molar-refractivity contribution in [2.45, 2.75) is 26.7 Å². The van der Waals surface area contributed by atoms with Crippen molar-refractivity contribution < 1.29 is 4.79 Å². The maximum Gasteiger partial charge on any atom is 0.161 e. The first-order valence-electron chi connectivity index (χ1n) is 7.43. The number of likely N-dealkylation sites (tertiary alicyclic amines) is 1. The summed E-state index contributed by atoms with van der Waals surface area (Å²) in [4.78, 5) is 14.0. The van der Waals surface area contributed by atoms with Crippen LogP contribution in [0.4, 0.5) is 11.4 Å². The summed E-state index contributed by atoms with van der Waals surface area (Å²) in [7, 11) is 0. The van der Waals surface area contributed by atoms with Crippen molar-refractivity contribution in [3.05, 3.63) is 23.8 Å². The molecule has 0 aliphatic carbocycles. The van der Waals surface area contributed by atoms with Gasteiger partial charge in [-0.15, -0.1) is 0 Å². The van der Waals surface area contributed by atoms with Crippen molar-refractivity contribution >= 4 is 17.2 Å². The van der Waals surface area contributed by atoms with E-state index < -0.39 is 0 Å². The molecule has 1 saturated heterocycles. The summed E-state index contributed by atoms with van der Waals surface area (Å²) in [5, 5.41) is 3.41. The molecule has 0 amide bonds. The summed E-state index contributed by atoms with van der Waals surface area (Å²) < 4.78 is 0. The molecule has 2 rings (SSSR count). The molecule has 4 heteroatoms. The average molecular weight is 275 g/mol. The molecule has 1 heterocycles. The lowest BCUT2D eigenvalue weighted by molar-refractivity contribution is 0.101. The first-order valence-corrected chi connectivity index (χ1v) is 7.43. The average Bonchev–Trinajstić information content (AvgIpc) is 2.90. The van der Waals surface area contributed by atoms with Crippen molar-refractivity contribution in [2.24, 2.45) is 5.92 Å². The Morgan fingerprint density at radius 3 is 2.75 bits per heavy atom. The highest BCUT2D eigenvalue weighted by Gasteiger charge is 2.14. The fourth-order valence-corrected chi connectivity index (χ4v) is 2.73. The molecule has 1 aromatic carbocycles. The Kier molecular flexibility index (Phi) is 5.01. The van der Waals surface area contributed by atoms with Gasteiger partial charge >= 0.3 is 0 Å². The summed E-state index contributed by atoms with van der Waals surface area (Å²) >= 11 is 0. The van der Waals surface area contributed by atoms with Crippen LogP contribution in [0.3, 0.4) is 0 Å². The molecule has 0 radical (unpaired) electrons. The normalized spacial score (nSPS) is 17.1. The first-order chi connectivity index (χ1) is 9.56. The third kappa shape index (κ3) is 3.97. The highest BCUT2D eigenvalue weighted by Crippen LogP contribution is 2.19. The Hall–Kier alpha value is -1.55. The number of nitrogen functional groups attached to an aromatic ring is 1. The van der Waals surface area contributed by atoms with E-state index in [1.165, 1.54) is 25.9 Å².